The standard InChI is InChI=1S/C12H13N3O4/c16-11-1-8(4-18-11)5-19-12(17)9-2-10(3-9)15-6-13-14-7-15/h1,6-7,9-10H,2-5H2. The lowest BCUT2D eigenvalue weighted by Gasteiger charge is -2.33. The van der Waals surface area contributed by atoms with Gasteiger partial charge in [-0.15, -0.1) is 10.2 Å². The summed E-state index contributed by atoms with van der Waals surface area (Å²) >= 11 is 0. The van der Waals surface area contributed by atoms with Gasteiger partial charge < -0.3 is 14.0 Å². The zero-order chi connectivity index (χ0) is 13.2. The predicted octanol–water partition coefficient (Wildman–Crippen LogP) is 0.256. The van der Waals surface area contributed by atoms with Gasteiger partial charge in [0, 0.05) is 17.7 Å². The monoisotopic (exact) mass is 263 g/mol. The number of nitrogens with zero attached hydrogens (tertiary/aromatic N) is 3. The number of hydrogen-bond acceptors (Lipinski definition) is 6. The fourth-order valence-corrected chi connectivity index (χ4v) is 2.20. The Bertz CT molecular complexity index is 517. The van der Waals surface area contributed by atoms with Crippen molar-refractivity contribution in [1.82, 2.24) is 14.8 Å². The molecule has 0 unspecified atom stereocenters. The van der Waals surface area contributed by atoms with E-state index in [-0.39, 0.29) is 37.1 Å². The number of aromatic nitrogens is 3. The van der Waals surface area contributed by atoms with Gasteiger partial charge in [0.1, 0.15) is 25.9 Å². The number of carbonyl (C=O) groups is 2. The van der Waals surface area contributed by atoms with Gasteiger partial charge in [0.2, 0.25) is 0 Å². The van der Waals surface area contributed by atoms with E-state index in [4.69, 9.17) is 9.47 Å². The predicted molar refractivity (Wildman–Crippen MR) is 61.8 cm³/mol. The summed E-state index contributed by atoms with van der Waals surface area (Å²) in [4.78, 5) is 22.6. The van der Waals surface area contributed by atoms with E-state index in [1.807, 2.05) is 4.57 Å². The molecule has 0 radical (unpaired) electrons. The molecule has 2 aliphatic rings. The van der Waals surface area contributed by atoms with E-state index in [1.165, 1.54) is 6.08 Å². The van der Waals surface area contributed by atoms with Crippen LogP contribution in [0.3, 0.4) is 0 Å². The van der Waals surface area contributed by atoms with E-state index in [0.717, 1.165) is 12.8 Å². The van der Waals surface area contributed by atoms with E-state index in [9.17, 15) is 9.59 Å². The number of cyclic esters (lactones) is 1. The second-order valence-corrected chi connectivity index (χ2v) is 4.75. The lowest BCUT2D eigenvalue weighted by atomic mass is 9.80. The average molecular weight is 263 g/mol. The van der Waals surface area contributed by atoms with E-state index < -0.39 is 0 Å². The molecule has 19 heavy (non-hydrogen) atoms. The first kappa shape index (κ1) is 11.9. The van der Waals surface area contributed by atoms with Gasteiger partial charge in [0.25, 0.3) is 0 Å². The maximum absolute atomic E-state index is 11.8. The molecule has 0 bridgehead atoms. The molecule has 0 spiro atoms. The summed E-state index contributed by atoms with van der Waals surface area (Å²) in [6.07, 6.45) is 6.15. The molecule has 3 rings (SSSR count). The normalized spacial score (nSPS) is 25.5. The summed E-state index contributed by atoms with van der Waals surface area (Å²) in [6.45, 7) is 0.360. The molecule has 0 N–H and O–H groups in total. The van der Waals surface area contributed by atoms with Gasteiger partial charge >= 0.3 is 11.9 Å². The van der Waals surface area contributed by atoms with Crippen LogP contribution in [0.2, 0.25) is 0 Å². The largest absolute Gasteiger partial charge is 0.461 e. The molecule has 1 aromatic heterocycles. The Labute approximate surface area is 109 Å². The van der Waals surface area contributed by atoms with Crippen molar-refractivity contribution >= 4 is 11.9 Å². The highest BCUT2D eigenvalue weighted by Gasteiger charge is 2.36. The van der Waals surface area contributed by atoms with Gasteiger partial charge in [-0.2, -0.15) is 0 Å². The van der Waals surface area contributed by atoms with Gasteiger partial charge in [0.05, 0.1) is 5.92 Å². The molecule has 7 nitrogen and oxygen atoms in total. The topological polar surface area (TPSA) is 83.3 Å². The Kier molecular flexibility index (Phi) is 3.02. The van der Waals surface area contributed by atoms with Gasteiger partial charge in [-0.25, -0.2) is 4.79 Å². The van der Waals surface area contributed by atoms with E-state index in [2.05, 4.69) is 10.2 Å². The van der Waals surface area contributed by atoms with Crippen LogP contribution < -0.4 is 0 Å². The third-order valence-corrected chi connectivity index (χ3v) is 3.43. The quantitative estimate of drug-likeness (QED) is 0.724. The maximum atomic E-state index is 11.8. The van der Waals surface area contributed by atoms with Crippen molar-refractivity contribution in [2.75, 3.05) is 13.2 Å². The molecule has 0 aromatic carbocycles. The minimum Gasteiger partial charge on any atom is -0.461 e. The highest BCUT2D eigenvalue weighted by atomic mass is 16.5. The van der Waals surface area contributed by atoms with Crippen molar-refractivity contribution in [3.8, 4) is 0 Å². The van der Waals surface area contributed by atoms with Crippen molar-refractivity contribution < 1.29 is 19.1 Å². The van der Waals surface area contributed by atoms with Crippen LogP contribution in [0.4, 0.5) is 0 Å². The van der Waals surface area contributed by atoms with Gasteiger partial charge in [0.15, 0.2) is 0 Å². The Hall–Kier alpha value is -2.18. The third-order valence-electron chi connectivity index (χ3n) is 3.43. The van der Waals surface area contributed by atoms with Crippen molar-refractivity contribution in [2.45, 2.75) is 18.9 Å². The van der Waals surface area contributed by atoms with Crippen LogP contribution >= 0.6 is 0 Å². The Morgan fingerprint density at radius 2 is 2.16 bits per heavy atom. The summed E-state index contributed by atoms with van der Waals surface area (Å²) in [7, 11) is 0. The first-order chi connectivity index (χ1) is 9.22. The molecule has 1 saturated carbocycles. The molecular formula is C12H13N3O4. The Balaban J connectivity index is 1.43. The highest BCUT2D eigenvalue weighted by Crippen LogP contribution is 2.38. The molecule has 0 amide bonds. The lowest BCUT2D eigenvalue weighted by Crippen LogP contribution is -2.33. The summed E-state index contributed by atoms with van der Waals surface area (Å²) in [5.74, 6) is -0.669. The molecule has 100 valence electrons. The highest BCUT2D eigenvalue weighted by molar-refractivity contribution is 5.85. The number of rotatable bonds is 4. The third kappa shape index (κ3) is 2.49. The zero-order valence-electron chi connectivity index (χ0n) is 10.2. The summed E-state index contributed by atoms with van der Waals surface area (Å²) in [5.41, 5.74) is 0.702. The molecule has 1 fully saturated rings. The van der Waals surface area contributed by atoms with Gasteiger partial charge in [-0.3, -0.25) is 4.79 Å². The van der Waals surface area contributed by atoms with Crippen LogP contribution in [-0.4, -0.2) is 39.9 Å². The number of hydrogen-bond donors (Lipinski definition) is 0. The minimum atomic E-state index is -0.373. The molecular weight excluding hydrogens is 250 g/mol. The van der Waals surface area contributed by atoms with Crippen molar-refractivity contribution in [3.63, 3.8) is 0 Å². The van der Waals surface area contributed by atoms with Crippen LogP contribution in [0.25, 0.3) is 0 Å². The molecule has 1 aliphatic carbocycles. The van der Waals surface area contributed by atoms with Crippen LogP contribution in [0, 0.1) is 5.92 Å². The Morgan fingerprint density at radius 1 is 1.42 bits per heavy atom. The minimum absolute atomic E-state index is 0.0778. The SMILES string of the molecule is O=C1C=C(COC(=O)C2CC(n3cnnc3)C2)CO1. The Morgan fingerprint density at radius 3 is 2.79 bits per heavy atom. The van der Waals surface area contributed by atoms with E-state index in [1.54, 1.807) is 12.7 Å². The van der Waals surface area contributed by atoms with Gasteiger partial charge in [-0.05, 0) is 12.8 Å². The summed E-state index contributed by atoms with van der Waals surface area (Å²) < 4.78 is 11.8. The zero-order valence-corrected chi connectivity index (χ0v) is 10.2. The first-order valence-corrected chi connectivity index (χ1v) is 6.09. The number of ether oxygens (including phenoxy) is 2. The van der Waals surface area contributed by atoms with Crippen molar-refractivity contribution in [1.29, 1.82) is 0 Å². The van der Waals surface area contributed by atoms with Crippen LogP contribution in [-0.2, 0) is 19.1 Å². The fraction of sp³-hybridized carbons (Fsp3) is 0.500. The van der Waals surface area contributed by atoms with Gasteiger partial charge in [-0.1, -0.05) is 0 Å². The molecule has 7 heteroatoms. The van der Waals surface area contributed by atoms with Crippen molar-refractivity contribution in [3.05, 3.63) is 24.3 Å². The lowest BCUT2D eigenvalue weighted by molar-refractivity contribution is -0.152. The molecule has 1 aliphatic heterocycles. The average Bonchev–Trinajstić information content (AvgIpc) is 2.96. The number of carbonyl (C=O) groups excluding carboxylic acids is 2. The second-order valence-electron chi connectivity index (χ2n) is 4.75. The molecule has 2 heterocycles. The molecule has 1 aromatic rings. The first-order valence-electron chi connectivity index (χ1n) is 6.09. The molecule has 0 saturated heterocycles. The smallest absolute Gasteiger partial charge is 0.331 e. The van der Waals surface area contributed by atoms with E-state index in [0.29, 0.717) is 5.57 Å². The number of esters is 2. The van der Waals surface area contributed by atoms with Crippen LogP contribution in [0.1, 0.15) is 18.9 Å². The summed E-state index contributed by atoms with van der Waals surface area (Å²) in [6, 6.07) is 0.281. The second kappa shape index (κ2) is 4.83. The van der Waals surface area contributed by atoms with Crippen LogP contribution in [0.5, 0.6) is 0 Å². The maximum Gasteiger partial charge on any atom is 0.331 e. The van der Waals surface area contributed by atoms with E-state index >= 15 is 0 Å². The fourth-order valence-electron chi connectivity index (χ4n) is 2.20. The van der Waals surface area contributed by atoms with Crippen LogP contribution in [0.15, 0.2) is 24.3 Å². The molecule has 0 atom stereocenters. The summed E-state index contributed by atoms with van der Waals surface area (Å²) in [5, 5.41) is 7.47. The van der Waals surface area contributed by atoms with Crippen molar-refractivity contribution in [2.24, 2.45) is 5.92 Å².